The molecule has 1 saturated heterocycles. The summed E-state index contributed by atoms with van der Waals surface area (Å²) in [6.07, 6.45) is 0. The van der Waals surface area contributed by atoms with E-state index in [9.17, 15) is 13.2 Å². The van der Waals surface area contributed by atoms with Crippen LogP contribution in [0.15, 0.2) is 27.6 Å². The van der Waals surface area contributed by atoms with E-state index in [1.807, 2.05) is 6.92 Å². The highest BCUT2D eigenvalue weighted by Gasteiger charge is 2.31. The number of hydrogen-bond acceptors (Lipinski definition) is 3. The number of likely N-dealkylation sites (N-methyl/N-ethyl adjacent to an activating group) is 1. The second-order valence-corrected chi connectivity index (χ2v) is 7.36. The number of carbonyl (C=O) groups is 1. The molecule has 0 atom stereocenters. The van der Waals surface area contributed by atoms with E-state index < -0.39 is 10.0 Å². The Kier molecular flexibility index (Phi) is 3.98. The highest BCUT2D eigenvalue weighted by atomic mass is 79.9. The molecule has 19 heavy (non-hydrogen) atoms. The van der Waals surface area contributed by atoms with Crippen LogP contribution in [-0.2, 0) is 14.8 Å². The third kappa shape index (κ3) is 2.82. The highest BCUT2D eigenvalue weighted by Crippen LogP contribution is 2.23. The molecular weight excluding hydrogens is 332 g/mol. The van der Waals surface area contributed by atoms with E-state index in [4.69, 9.17) is 0 Å². The lowest BCUT2D eigenvalue weighted by Crippen LogP contribution is -2.50. The van der Waals surface area contributed by atoms with Gasteiger partial charge in [-0.2, -0.15) is 4.31 Å². The number of piperazine rings is 1. The van der Waals surface area contributed by atoms with Crippen molar-refractivity contribution in [1.29, 1.82) is 0 Å². The van der Waals surface area contributed by atoms with Crippen molar-refractivity contribution in [2.45, 2.75) is 11.8 Å². The normalized spacial score (nSPS) is 17.8. The molecule has 0 radical (unpaired) electrons. The van der Waals surface area contributed by atoms with Crippen LogP contribution in [0.25, 0.3) is 0 Å². The number of nitrogens with zero attached hydrogens (tertiary/aromatic N) is 2. The first-order valence-electron chi connectivity index (χ1n) is 5.82. The first kappa shape index (κ1) is 14.5. The van der Waals surface area contributed by atoms with Gasteiger partial charge in [-0.05, 0) is 30.7 Å². The first-order chi connectivity index (χ1) is 8.82. The molecule has 1 aliphatic heterocycles. The number of amides is 1. The van der Waals surface area contributed by atoms with Gasteiger partial charge in [0.2, 0.25) is 15.9 Å². The quantitative estimate of drug-likeness (QED) is 0.808. The predicted octanol–water partition coefficient (Wildman–Crippen LogP) is 1.22. The van der Waals surface area contributed by atoms with Crippen LogP contribution in [0, 0.1) is 6.92 Å². The molecule has 5 nitrogen and oxygen atoms in total. The van der Waals surface area contributed by atoms with E-state index in [2.05, 4.69) is 15.9 Å². The summed E-state index contributed by atoms with van der Waals surface area (Å²) >= 11 is 3.34. The van der Waals surface area contributed by atoms with Gasteiger partial charge in [0.1, 0.15) is 0 Å². The van der Waals surface area contributed by atoms with Gasteiger partial charge in [0.05, 0.1) is 11.4 Å². The molecule has 0 N–H and O–H groups in total. The summed E-state index contributed by atoms with van der Waals surface area (Å²) in [5.41, 5.74) is 0.849. The molecule has 1 aliphatic rings. The fraction of sp³-hybridized carbons (Fsp3) is 0.417. The largest absolute Gasteiger partial charge is 0.343 e. The molecule has 1 aromatic rings. The van der Waals surface area contributed by atoms with Crippen molar-refractivity contribution in [2.24, 2.45) is 0 Å². The van der Waals surface area contributed by atoms with Crippen LogP contribution in [0.1, 0.15) is 5.56 Å². The number of halogens is 1. The lowest BCUT2D eigenvalue weighted by molar-refractivity contribution is -0.132. The van der Waals surface area contributed by atoms with Gasteiger partial charge < -0.3 is 4.90 Å². The third-order valence-corrected chi connectivity index (χ3v) is 5.92. The van der Waals surface area contributed by atoms with Crippen molar-refractivity contribution in [2.75, 3.05) is 26.7 Å². The number of carbonyl (C=O) groups excluding carboxylic acids is 1. The van der Waals surface area contributed by atoms with E-state index >= 15 is 0 Å². The van der Waals surface area contributed by atoms with Gasteiger partial charge in [-0.15, -0.1) is 0 Å². The fourth-order valence-corrected chi connectivity index (χ4v) is 3.58. The van der Waals surface area contributed by atoms with Crippen molar-refractivity contribution < 1.29 is 13.2 Å². The fourth-order valence-electron chi connectivity index (χ4n) is 1.87. The van der Waals surface area contributed by atoms with Crippen LogP contribution in [0.5, 0.6) is 0 Å². The average Bonchev–Trinajstić information content (AvgIpc) is 2.35. The molecule has 7 heteroatoms. The van der Waals surface area contributed by atoms with E-state index in [0.29, 0.717) is 13.1 Å². The third-order valence-electron chi connectivity index (χ3n) is 3.19. The Hall–Kier alpha value is -0.920. The smallest absolute Gasteiger partial charge is 0.243 e. The van der Waals surface area contributed by atoms with Gasteiger partial charge in [-0.25, -0.2) is 8.42 Å². The van der Waals surface area contributed by atoms with Crippen molar-refractivity contribution in [3.8, 4) is 0 Å². The zero-order valence-corrected chi connectivity index (χ0v) is 13.2. The Bertz CT molecular complexity index is 615. The summed E-state index contributed by atoms with van der Waals surface area (Å²) in [6, 6.07) is 4.87. The number of rotatable bonds is 2. The lowest BCUT2D eigenvalue weighted by Gasteiger charge is -2.31. The maximum Gasteiger partial charge on any atom is 0.243 e. The molecule has 0 spiro atoms. The molecule has 0 aliphatic carbocycles. The average molecular weight is 347 g/mol. The number of aryl methyl sites for hydroxylation is 1. The zero-order chi connectivity index (χ0) is 14.2. The van der Waals surface area contributed by atoms with Crippen molar-refractivity contribution in [1.82, 2.24) is 9.21 Å². The molecule has 1 heterocycles. The van der Waals surface area contributed by atoms with Crippen molar-refractivity contribution in [3.05, 3.63) is 28.2 Å². The maximum atomic E-state index is 12.4. The van der Waals surface area contributed by atoms with E-state index in [1.165, 1.54) is 4.31 Å². The summed E-state index contributed by atoms with van der Waals surface area (Å²) in [4.78, 5) is 13.4. The summed E-state index contributed by atoms with van der Waals surface area (Å²) in [6.45, 7) is 2.50. The van der Waals surface area contributed by atoms with Gasteiger partial charge in [0.15, 0.2) is 0 Å². The van der Waals surface area contributed by atoms with Crippen LogP contribution >= 0.6 is 15.9 Å². The summed E-state index contributed by atoms with van der Waals surface area (Å²) < 4.78 is 27.0. The second kappa shape index (κ2) is 5.22. The number of benzene rings is 1. The first-order valence-corrected chi connectivity index (χ1v) is 8.06. The van der Waals surface area contributed by atoms with E-state index in [0.717, 1.165) is 10.0 Å². The summed E-state index contributed by atoms with van der Waals surface area (Å²) in [5, 5.41) is 0. The topological polar surface area (TPSA) is 57.7 Å². The van der Waals surface area contributed by atoms with E-state index in [1.54, 1.807) is 30.1 Å². The second-order valence-electron chi connectivity index (χ2n) is 4.56. The molecule has 2 rings (SSSR count). The zero-order valence-electron chi connectivity index (χ0n) is 10.8. The molecule has 1 fully saturated rings. The standard InChI is InChI=1S/C12H15BrN2O3S/c1-9-7-10(3-4-11(9)13)19(17,18)15-6-5-14(2)12(16)8-15/h3-4,7H,5-6,8H2,1-2H3. The molecule has 0 unspecified atom stereocenters. The molecule has 1 amide bonds. The van der Waals surface area contributed by atoms with Gasteiger partial charge in [0.25, 0.3) is 0 Å². The lowest BCUT2D eigenvalue weighted by atomic mass is 10.2. The summed E-state index contributed by atoms with van der Waals surface area (Å²) in [5.74, 6) is -0.177. The minimum atomic E-state index is -3.59. The van der Waals surface area contributed by atoms with Crippen LogP contribution in [-0.4, -0.2) is 50.2 Å². The Labute approximate surface area is 121 Å². The Balaban J connectivity index is 2.32. The minimum absolute atomic E-state index is 0.0893. The van der Waals surface area contributed by atoms with Crippen LogP contribution in [0.4, 0.5) is 0 Å². The van der Waals surface area contributed by atoms with Gasteiger partial charge in [0, 0.05) is 24.6 Å². The Morgan fingerprint density at radius 2 is 1.95 bits per heavy atom. The van der Waals surface area contributed by atoms with Crippen LogP contribution in [0.2, 0.25) is 0 Å². The molecule has 104 valence electrons. The minimum Gasteiger partial charge on any atom is -0.343 e. The van der Waals surface area contributed by atoms with Crippen molar-refractivity contribution in [3.63, 3.8) is 0 Å². The molecule has 0 bridgehead atoms. The highest BCUT2D eigenvalue weighted by molar-refractivity contribution is 9.10. The summed E-state index contributed by atoms with van der Waals surface area (Å²) in [7, 11) is -1.92. The van der Waals surface area contributed by atoms with E-state index in [-0.39, 0.29) is 17.3 Å². The van der Waals surface area contributed by atoms with Gasteiger partial charge in [-0.3, -0.25) is 4.79 Å². The molecular formula is C12H15BrN2O3S. The SMILES string of the molecule is Cc1cc(S(=O)(=O)N2CCN(C)C(=O)C2)ccc1Br. The van der Waals surface area contributed by atoms with Gasteiger partial charge >= 0.3 is 0 Å². The van der Waals surface area contributed by atoms with Crippen LogP contribution in [0.3, 0.4) is 0 Å². The molecule has 0 aromatic heterocycles. The monoisotopic (exact) mass is 346 g/mol. The maximum absolute atomic E-state index is 12.4. The van der Waals surface area contributed by atoms with Crippen LogP contribution < -0.4 is 0 Å². The Morgan fingerprint density at radius 1 is 1.26 bits per heavy atom. The van der Waals surface area contributed by atoms with Gasteiger partial charge in [-0.1, -0.05) is 15.9 Å². The number of hydrogen-bond donors (Lipinski definition) is 0. The number of sulfonamides is 1. The van der Waals surface area contributed by atoms with Crippen molar-refractivity contribution >= 4 is 31.9 Å². The predicted molar refractivity (Wildman–Crippen MR) is 75.3 cm³/mol. The molecule has 0 saturated carbocycles. The molecule has 1 aromatic carbocycles. The Morgan fingerprint density at radius 3 is 2.53 bits per heavy atom.